The number of halogens is 2. The van der Waals surface area contributed by atoms with Gasteiger partial charge in [0, 0.05) is 17.5 Å². The van der Waals surface area contributed by atoms with Crippen LogP contribution < -0.4 is 19.5 Å². The Morgan fingerprint density at radius 1 is 1.19 bits per heavy atom. The third kappa shape index (κ3) is 6.65. The van der Waals surface area contributed by atoms with Gasteiger partial charge in [0.25, 0.3) is 5.91 Å². The van der Waals surface area contributed by atoms with Crippen molar-refractivity contribution in [3.05, 3.63) is 69.7 Å². The number of ether oxygens (including phenoxy) is 3. The monoisotopic (exact) mass is 448 g/mol. The highest BCUT2D eigenvalue weighted by atomic mass is 32.1. The molecule has 0 saturated heterocycles. The van der Waals surface area contributed by atoms with Gasteiger partial charge in [0.2, 0.25) is 0 Å². The number of carbonyl (C=O) groups excluding carboxylic acids is 1. The minimum absolute atomic E-state index is 0.0403. The second kappa shape index (κ2) is 10.7. The average Bonchev–Trinajstić information content (AvgIpc) is 3.17. The van der Waals surface area contributed by atoms with Crippen LogP contribution in [0.25, 0.3) is 0 Å². The van der Waals surface area contributed by atoms with Crippen LogP contribution in [0.15, 0.2) is 47.8 Å². The molecule has 1 aromatic heterocycles. The molecule has 0 saturated carbocycles. The van der Waals surface area contributed by atoms with Crippen LogP contribution in [-0.4, -0.2) is 31.2 Å². The summed E-state index contributed by atoms with van der Waals surface area (Å²) in [7, 11) is 1.38. The molecule has 2 aromatic carbocycles. The van der Waals surface area contributed by atoms with Gasteiger partial charge in [0.1, 0.15) is 12.4 Å². The molecule has 1 heterocycles. The summed E-state index contributed by atoms with van der Waals surface area (Å²) < 4.78 is 40.3. The van der Waals surface area contributed by atoms with Gasteiger partial charge in [-0.25, -0.2) is 4.98 Å². The molecule has 0 unspecified atom stereocenters. The zero-order valence-corrected chi connectivity index (χ0v) is 17.9. The molecule has 0 spiro atoms. The van der Waals surface area contributed by atoms with E-state index in [1.54, 1.807) is 47.7 Å². The average molecular weight is 448 g/mol. The Morgan fingerprint density at radius 2 is 2.03 bits per heavy atom. The molecule has 0 aliphatic carbocycles. The van der Waals surface area contributed by atoms with Crippen LogP contribution in [0.4, 0.5) is 8.78 Å². The molecule has 0 radical (unpaired) electrons. The molecule has 164 valence electrons. The van der Waals surface area contributed by atoms with E-state index < -0.39 is 6.61 Å². The number of amides is 1. The maximum Gasteiger partial charge on any atom is 0.387 e. The van der Waals surface area contributed by atoms with Crippen molar-refractivity contribution in [2.24, 2.45) is 0 Å². The number of methoxy groups -OCH3 is 1. The highest BCUT2D eigenvalue weighted by molar-refractivity contribution is 7.09. The molecule has 1 amide bonds. The number of nitrogens with one attached hydrogen (secondary N) is 1. The van der Waals surface area contributed by atoms with Crippen LogP contribution in [0.1, 0.15) is 26.6 Å². The quantitative estimate of drug-likeness (QED) is 0.490. The second-order valence-electron chi connectivity index (χ2n) is 6.54. The fraction of sp³-hybridized carbons (Fsp3) is 0.273. The van der Waals surface area contributed by atoms with Crippen LogP contribution in [0.2, 0.25) is 0 Å². The summed E-state index contributed by atoms with van der Waals surface area (Å²) in [5, 5.41) is 5.72. The first-order chi connectivity index (χ1) is 14.9. The van der Waals surface area contributed by atoms with Gasteiger partial charge in [-0.2, -0.15) is 8.78 Å². The van der Waals surface area contributed by atoms with E-state index in [2.05, 4.69) is 15.0 Å². The Hall–Kier alpha value is -3.20. The van der Waals surface area contributed by atoms with Crippen molar-refractivity contribution in [1.29, 1.82) is 0 Å². The molecule has 0 bridgehead atoms. The number of hydrogen-bond donors (Lipinski definition) is 1. The van der Waals surface area contributed by atoms with Gasteiger partial charge >= 0.3 is 6.61 Å². The molecule has 3 rings (SSSR count). The third-order valence-corrected chi connectivity index (χ3v) is 5.12. The van der Waals surface area contributed by atoms with E-state index in [0.717, 1.165) is 16.3 Å². The van der Waals surface area contributed by atoms with Gasteiger partial charge in [-0.05, 0) is 49.2 Å². The molecule has 0 aliphatic heterocycles. The maximum atomic E-state index is 12.6. The topological polar surface area (TPSA) is 69.7 Å². The van der Waals surface area contributed by atoms with E-state index in [-0.39, 0.29) is 17.4 Å². The van der Waals surface area contributed by atoms with Gasteiger partial charge in [0.05, 0.1) is 17.8 Å². The Kier molecular flexibility index (Phi) is 7.77. The molecule has 0 aliphatic rings. The molecule has 31 heavy (non-hydrogen) atoms. The Labute approximate surface area is 182 Å². The fourth-order valence-electron chi connectivity index (χ4n) is 2.85. The van der Waals surface area contributed by atoms with Crippen molar-refractivity contribution in [3.8, 4) is 17.2 Å². The summed E-state index contributed by atoms with van der Waals surface area (Å²) in [5.74, 6) is 0.494. The molecular weight excluding hydrogens is 426 g/mol. The van der Waals surface area contributed by atoms with Crippen LogP contribution in [-0.2, 0) is 13.0 Å². The van der Waals surface area contributed by atoms with Crippen LogP contribution >= 0.6 is 11.3 Å². The standard InChI is InChI=1S/C22H22F2N2O4S/c1-14-26-17(13-31-14)12-29-18-5-3-4-16(11-18)21(27)25-9-8-15-6-7-19(28-2)20(10-15)30-22(23)24/h3-7,10-11,13,22H,8-9,12H2,1-2H3,(H,25,27). The minimum atomic E-state index is -2.95. The number of rotatable bonds is 10. The lowest BCUT2D eigenvalue weighted by atomic mass is 10.1. The van der Waals surface area contributed by atoms with Crippen molar-refractivity contribution < 1.29 is 27.8 Å². The highest BCUT2D eigenvalue weighted by Crippen LogP contribution is 2.29. The number of alkyl halides is 2. The van der Waals surface area contributed by atoms with Gasteiger partial charge in [-0.3, -0.25) is 4.79 Å². The summed E-state index contributed by atoms with van der Waals surface area (Å²) in [6, 6.07) is 11.6. The first-order valence-corrected chi connectivity index (χ1v) is 10.4. The first-order valence-electron chi connectivity index (χ1n) is 9.48. The van der Waals surface area contributed by atoms with Crippen molar-refractivity contribution >= 4 is 17.2 Å². The van der Waals surface area contributed by atoms with E-state index in [4.69, 9.17) is 9.47 Å². The van der Waals surface area contributed by atoms with Crippen molar-refractivity contribution in [2.45, 2.75) is 26.6 Å². The Balaban J connectivity index is 1.53. The number of aromatic nitrogens is 1. The summed E-state index contributed by atoms with van der Waals surface area (Å²) in [4.78, 5) is 16.8. The molecule has 9 heteroatoms. The van der Waals surface area contributed by atoms with Crippen molar-refractivity contribution in [2.75, 3.05) is 13.7 Å². The summed E-state index contributed by atoms with van der Waals surface area (Å²) in [5.41, 5.74) is 2.03. The number of benzene rings is 2. The molecular formula is C22H22F2N2O4S. The van der Waals surface area contributed by atoms with E-state index >= 15 is 0 Å². The largest absolute Gasteiger partial charge is 0.493 e. The lowest BCUT2D eigenvalue weighted by molar-refractivity contribution is -0.0512. The van der Waals surface area contributed by atoms with E-state index in [0.29, 0.717) is 30.9 Å². The van der Waals surface area contributed by atoms with Gasteiger partial charge in [-0.1, -0.05) is 12.1 Å². The molecule has 0 fully saturated rings. The summed E-state index contributed by atoms with van der Waals surface area (Å²) in [6.07, 6.45) is 0.439. The zero-order valence-electron chi connectivity index (χ0n) is 17.1. The molecule has 0 atom stereocenters. The lowest BCUT2D eigenvalue weighted by Gasteiger charge is -2.12. The first kappa shape index (κ1) is 22.5. The number of hydrogen-bond acceptors (Lipinski definition) is 6. The summed E-state index contributed by atoms with van der Waals surface area (Å²) >= 11 is 1.55. The van der Waals surface area contributed by atoms with Crippen molar-refractivity contribution in [1.82, 2.24) is 10.3 Å². The summed E-state index contributed by atoms with van der Waals surface area (Å²) in [6.45, 7) is -0.367. The molecule has 3 aromatic rings. The minimum Gasteiger partial charge on any atom is -0.493 e. The van der Waals surface area contributed by atoms with Gasteiger partial charge in [0.15, 0.2) is 11.5 Å². The fourth-order valence-corrected chi connectivity index (χ4v) is 3.44. The zero-order chi connectivity index (χ0) is 22.2. The number of nitrogens with zero attached hydrogens (tertiary/aromatic N) is 1. The predicted molar refractivity (Wildman–Crippen MR) is 113 cm³/mol. The molecule has 1 N–H and O–H groups in total. The Bertz CT molecular complexity index is 1030. The SMILES string of the molecule is COc1ccc(CCNC(=O)c2cccc(OCc3csc(C)n3)c2)cc1OC(F)F. The van der Waals surface area contributed by atoms with Crippen LogP contribution in [0, 0.1) is 6.92 Å². The smallest absolute Gasteiger partial charge is 0.387 e. The second-order valence-corrected chi connectivity index (χ2v) is 7.61. The number of carbonyl (C=O) groups is 1. The highest BCUT2D eigenvalue weighted by Gasteiger charge is 2.12. The van der Waals surface area contributed by atoms with Crippen LogP contribution in [0.5, 0.6) is 17.2 Å². The van der Waals surface area contributed by atoms with Crippen LogP contribution in [0.3, 0.4) is 0 Å². The molecule has 6 nitrogen and oxygen atoms in total. The Morgan fingerprint density at radius 3 is 2.74 bits per heavy atom. The normalized spacial score (nSPS) is 10.7. The van der Waals surface area contributed by atoms with Gasteiger partial charge in [-0.15, -0.1) is 11.3 Å². The lowest BCUT2D eigenvalue weighted by Crippen LogP contribution is -2.25. The van der Waals surface area contributed by atoms with E-state index in [1.165, 1.54) is 13.2 Å². The predicted octanol–water partition coefficient (Wildman–Crippen LogP) is 4.61. The number of thiazole rings is 1. The van der Waals surface area contributed by atoms with Gasteiger partial charge < -0.3 is 19.5 Å². The van der Waals surface area contributed by atoms with E-state index in [1.807, 2.05) is 12.3 Å². The third-order valence-electron chi connectivity index (χ3n) is 4.29. The number of aryl methyl sites for hydroxylation is 1. The van der Waals surface area contributed by atoms with E-state index in [9.17, 15) is 13.6 Å². The van der Waals surface area contributed by atoms with Crippen molar-refractivity contribution in [3.63, 3.8) is 0 Å². The maximum absolute atomic E-state index is 12.6.